The Labute approximate surface area is 107 Å². The van der Waals surface area contributed by atoms with E-state index in [1.165, 1.54) is 0 Å². The molecule has 2 N–H and O–H groups in total. The first-order valence-electron chi connectivity index (χ1n) is 5.94. The Hall–Kier alpha value is -1.06. The van der Waals surface area contributed by atoms with Gasteiger partial charge in [0.1, 0.15) is 0 Å². The molecule has 1 aliphatic heterocycles. The molecular formula is C13H17ClN2O. The van der Waals surface area contributed by atoms with Crippen molar-refractivity contribution < 1.29 is 4.79 Å². The van der Waals surface area contributed by atoms with Gasteiger partial charge < -0.3 is 10.6 Å². The minimum atomic E-state index is -0.0257. The van der Waals surface area contributed by atoms with E-state index >= 15 is 0 Å². The van der Waals surface area contributed by atoms with E-state index in [9.17, 15) is 4.79 Å². The van der Waals surface area contributed by atoms with Gasteiger partial charge in [-0.25, -0.2) is 0 Å². The summed E-state index contributed by atoms with van der Waals surface area (Å²) in [6, 6.07) is 7.18. The number of nitrogens with one attached hydrogen (secondary N) is 2. The zero-order valence-corrected chi connectivity index (χ0v) is 10.6. The predicted octanol–water partition coefficient (Wildman–Crippen LogP) is 2.07. The molecule has 0 aliphatic carbocycles. The smallest absolute Gasteiger partial charge is 0.251 e. The predicted molar refractivity (Wildman–Crippen MR) is 69.4 cm³/mol. The van der Waals surface area contributed by atoms with Gasteiger partial charge in [0.15, 0.2) is 0 Å². The Morgan fingerprint density at radius 3 is 2.76 bits per heavy atom. The number of carbonyl (C=O) groups excluding carboxylic acids is 1. The molecule has 92 valence electrons. The van der Waals surface area contributed by atoms with Crippen LogP contribution in [0.2, 0.25) is 5.02 Å². The van der Waals surface area contributed by atoms with Crippen molar-refractivity contribution in [1.82, 2.24) is 10.6 Å². The van der Waals surface area contributed by atoms with Gasteiger partial charge in [0.05, 0.1) is 0 Å². The molecule has 2 rings (SSSR count). The van der Waals surface area contributed by atoms with Gasteiger partial charge in [0, 0.05) is 23.2 Å². The molecule has 0 spiro atoms. The normalized spacial score (nSPS) is 24.4. The molecule has 4 heteroatoms. The van der Waals surface area contributed by atoms with Crippen LogP contribution in [-0.4, -0.2) is 25.0 Å². The second kappa shape index (κ2) is 5.52. The third-order valence-electron chi connectivity index (χ3n) is 3.25. The summed E-state index contributed by atoms with van der Waals surface area (Å²) < 4.78 is 0. The molecule has 1 amide bonds. The van der Waals surface area contributed by atoms with E-state index in [4.69, 9.17) is 11.6 Å². The zero-order chi connectivity index (χ0) is 12.3. The summed E-state index contributed by atoms with van der Waals surface area (Å²) in [5.74, 6) is 0.495. The number of benzene rings is 1. The van der Waals surface area contributed by atoms with Crippen LogP contribution >= 0.6 is 11.6 Å². The Bertz CT molecular complexity index is 391. The minimum absolute atomic E-state index is 0.0257. The highest BCUT2D eigenvalue weighted by Crippen LogP contribution is 2.13. The van der Waals surface area contributed by atoms with E-state index < -0.39 is 0 Å². The zero-order valence-electron chi connectivity index (χ0n) is 9.87. The Balaban J connectivity index is 1.98. The number of amides is 1. The van der Waals surface area contributed by atoms with E-state index in [-0.39, 0.29) is 11.9 Å². The van der Waals surface area contributed by atoms with Crippen molar-refractivity contribution in [3.63, 3.8) is 0 Å². The molecule has 17 heavy (non-hydrogen) atoms. The molecule has 0 radical (unpaired) electrons. The van der Waals surface area contributed by atoms with Crippen molar-refractivity contribution in [1.29, 1.82) is 0 Å². The van der Waals surface area contributed by atoms with Crippen LogP contribution in [0.25, 0.3) is 0 Å². The molecule has 3 nitrogen and oxygen atoms in total. The van der Waals surface area contributed by atoms with Gasteiger partial charge in [0.2, 0.25) is 0 Å². The summed E-state index contributed by atoms with van der Waals surface area (Å²) in [5, 5.41) is 7.00. The topological polar surface area (TPSA) is 41.1 Å². The Kier molecular flexibility index (Phi) is 4.02. The van der Waals surface area contributed by atoms with Gasteiger partial charge in [-0.2, -0.15) is 0 Å². The van der Waals surface area contributed by atoms with Gasteiger partial charge in [0.25, 0.3) is 5.91 Å². The van der Waals surface area contributed by atoms with Crippen LogP contribution < -0.4 is 10.6 Å². The molecule has 0 bridgehead atoms. The molecule has 1 aromatic rings. The molecule has 2 atom stereocenters. The van der Waals surface area contributed by atoms with Crippen molar-refractivity contribution in [2.45, 2.75) is 19.4 Å². The summed E-state index contributed by atoms with van der Waals surface area (Å²) in [4.78, 5) is 12.0. The third-order valence-corrected chi connectivity index (χ3v) is 3.50. The van der Waals surface area contributed by atoms with Gasteiger partial charge in [-0.1, -0.05) is 18.5 Å². The average molecular weight is 253 g/mol. The lowest BCUT2D eigenvalue weighted by molar-refractivity contribution is 0.0915. The molecule has 0 saturated carbocycles. The van der Waals surface area contributed by atoms with Crippen LogP contribution in [0.15, 0.2) is 24.3 Å². The summed E-state index contributed by atoms with van der Waals surface area (Å²) in [6.07, 6.45) is 1.10. The molecule has 2 unspecified atom stereocenters. The van der Waals surface area contributed by atoms with Crippen molar-refractivity contribution in [2.24, 2.45) is 5.92 Å². The molecule has 1 aromatic carbocycles. The lowest BCUT2D eigenvalue weighted by Crippen LogP contribution is -2.50. The standard InChI is InChI=1S/C13H17ClN2O/c1-9-6-7-15-8-12(9)16-13(17)10-2-4-11(14)5-3-10/h2-5,9,12,15H,6-8H2,1H3,(H,16,17). The molecule has 1 aliphatic rings. The van der Waals surface area contributed by atoms with E-state index in [0.717, 1.165) is 19.5 Å². The number of carbonyl (C=O) groups is 1. The SMILES string of the molecule is CC1CCNCC1NC(=O)c1ccc(Cl)cc1. The largest absolute Gasteiger partial charge is 0.348 e. The van der Waals surface area contributed by atoms with Crippen molar-refractivity contribution >= 4 is 17.5 Å². The second-order valence-electron chi connectivity index (χ2n) is 4.56. The number of hydrogen-bond donors (Lipinski definition) is 2. The first-order chi connectivity index (χ1) is 8.16. The van der Waals surface area contributed by atoms with Crippen LogP contribution in [0.4, 0.5) is 0 Å². The maximum Gasteiger partial charge on any atom is 0.251 e. The first kappa shape index (κ1) is 12.4. The summed E-state index contributed by atoms with van der Waals surface area (Å²) in [5.41, 5.74) is 0.659. The quantitative estimate of drug-likeness (QED) is 0.846. The van der Waals surface area contributed by atoms with Gasteiger partial charge in [-0.05, 0) is 43.1 Å². The summed E-state index contributed by atoms with van der Waals surface area (Å²) >= 11 is 5.79. The maximum absolute atomic E-state index is 12.0. The monoisotopic (exact) mass is 252 g/mol. The highest BCUT2D eigenvalue weighted by Gasteiger charge is 2.22. The fourth-order valence-electron chi connectivity index (χ4n) is 2.04. The van der Waals surface area contributed by atoms with Crippen LogP contribution in [0.1, 0.15) is 23.7 Å². The van der Waals surface area contributed by atoms with Gasteiger partial charge in [-0.3, -0.25) is 4.79 Å². The van der Waals surface area contributed by atoms with Crippen molar-refractivity contribution in [3.8, 4) is 0 Å². The molecular weight excluding hydrogens is 236 g/mol. The number of hydrogen-bond acceptors (Lipinski definition) is 2. The van der Waals surface area contributed by atoms with E-state index in [2.05, 4.69) is 17.6 Å². The van der Waals surface area contributed by atoms with Crippen molar-refractivity contribution in [3.05, 3.63) is 34.9 Å². The average Bonchev–Trinajstić information content (AvgIpc) is 2.33. The Morgan fingerprint density at radius 2 is 2.12 bits per heavy atom. The number of rotatable bonds is 2. The summed E-state index contributed by atoms with van der Waals surface area (Å²) in [7, 11) is 0. The highest BCUT2D eigenvalue weighted by atomic mass is 35.5. The lowest BCUT2D eigenvalue weighted by Gasteiger charge is -2.30. The minimum Gasteiger partial charge on any atom is -0.348 e. The van der Waals surface area contributed by atoms with Crippen LogP contribution in [0.5, 0.6) is 0 Å². The van der Waals surface area contributed by atoms with Crippen LogP contribution in [-0.2, 0) is 0 Å². The third kappa shape index (κ3) is 3.20. The molecule has 0 aromatic heterocycles. The molecule has 1 heterocycles. The second-order valence-corrected chi connectivity index (χ2v) is 4.99. The highest BCUT2D eigenvalue weighted by molar-refractivity contribution is 6.30. The van der Waals surface area contributed by atoms with Gasteiger partial charge in [-0.15, -0.1) is 0 Å². The fourth-order valence-corrected chi connectivity index (χ4v) is 2.16. The number of piperidine rings is 1. The fraction of sp³-hybridized carbons (Fsp3) is 0.462. The van der Waals surface area contributed by atoms with Gasteiger partial charge >= 0.3 is 0 Å². The van der Waals surface area contributed by atoms with E-state index in [0.29, 0.717) is 16.5 Å². The van der Waals surface area contributed by atoms with E-state index in [1.807, 2.05) is 0 Å². The Morgan fingerprint density at radius 1 is 1.41 bits per heavy atom. The van der Waals surface area contributed by atoms with Crippen LogP contribution in [0.3, 0.4) is 0 Å². The number of halogens is 1. The van der Waals surface area contributed by atoms with Crippen LogP contribution in [0, 0.1) is 5.92 Å². The lowest BCUT2D eigenvalue weighted by atomic mass is 9.94. The first-order valence-corrected chi connectivity index (χ1v) is 6.32. The molecule has 1 saturated heterocycles. The van der Waals surface area contributed by atoms with E-state index in [1.54, 1.807) is 24.3 Å². The molecule has 1 fully saturated rings. The maximum atomic E-state index is 12.0. The summed E-state index contributed by atoms with van der Waals surface area (Å²) in [6.45, 7) is 4.06. The van der Waals surface area contributed by atoms with Crippen molar-refractivity contribution in [2.75, 3.05) is 13.1 Å².